The zero-order valence-corrected chi connectivity index (χ0v) is 7.14. The number of carbonyl (C=O) groups is 1. The molecule has 0 radical (unpaired) electrons. The number of para-hydroxylation sites is 1. The maximum Gasteiger partial charge on any atom is 0.337 e. The third-order valence-electron chi connectivity index (χ3n) is 1.81. The van der Waals surface area contributed by atoms with Crippen LogP contribution in [0.25, 0.3) is 0 Å². The van der Waals surface area contributed by atoms with Gasteiger partial charge in [0.2, 0.25) is 0 Å². The van der Waals surface area contributed by atoms with E-state index in [0.717, 1.165) is 0 Å². The van der Waals surface area contributed by atoms with Crippen LogP contribution in [0.15, 0.2) is 28.2 Å². The van der Waals surface area contributed by atoms with Crippen molar-refractivity contribution in [3.63, 3.8) is 0 Å². The fourth-order valence-electron chi connectivity index (χ4n) is 1.20. The Balaban J connectivity index is 2.61. The Labute approximate surface area is 79.8 Å². The molecule has 70 valence electrons. The summed E-state index contributed by atoms with van der Waals surface area (Å²) in [4.78, 5) is 18.5. The average Bonchev–Trinajstić information content (AvgIpc) is 2.41. The van der Waals surface area contributed by atoms with Gasteiger partial charge in [0.05, 0.1) is 17.6 Å². The first kappa shape index (κ1) is 8.43. The van der Waals surface area contributed by atoms with Gasteiger partial charge in [-0.3, -0.25) is 0 Å². The second-order valence-corrected chi connectivity index (χ2v) is 2.67. The largest absolute Gasteiger partial charge is 0.478 e. The smallest absolute Gasteiger partial charge is 0.337 e. The fourth-order valence-corrected chi connectivity index (χ4v) is 1.20. The van der Waals surface area contributed by atoms with Crippen LogP contribution < -0.4 is 5.32 Å². The number of rotatable bonds is 1. The molecule has 1 heterocycles. The normalized spacial score (nSPS) is 12.9. The summed E-state index contributed by atoms with van der Waals surface area (Å²) >= 11 is 0. The molecule has 0 saturated heterocycles. The monoisotopic (exact) mass is 189 g/mol. The number of hydrogen-bond acceptors (Lipinski definition) is 4. The van der Waals surface area contributed by atoms with E-state index in [9.17, 15) is 4.79 Å². The van der Waals surface area contributed by atoms with Gasteiger partial charge in [-0.2, -0.15) is 0 Å². The number of carboxylic acids is 1. The molecule has 0 amide bonds. The van der Waals surface area contributed by atoms with Gasteiger partial charge in [-0.05, 0) is 12.1 Å². The number of benzene rings is 1. The van der Waals surface area contributed by atoms with Gasteiger partial charge in [0.1, 0.15) is 12.0 Å². The first-order chi connectivity index (χ1) is 6.79. The van der Waals surface area contributed by atoms with Crippen molar-refractivity contribution in [1.29, 1.82) is 0 Å². The Kier molecular flexibility index (Phi) is 1.98. The lowest BCUT2D eigenvalue weighted by Gasteiger charge is -2.05. The lowest BCUT2D eigenvalue weighted by Crippen LogP contribution is -1.99. The van der Waals surface area contributed by atoms with E-state index in [4.69, 9.17) is 5.11 Å². The van der Waals surface area contributed by atoms with Gasteiger partial charge in [0.15, 0.2) is 0 Å². The number of aliphatic imine (C=N–C) groups is 2. The predicted molar refractivity (Wildman–Crippen MR) is 53.7 cm³/mol. The molecule has 0 atom stereocenters. The summed E-state index contributed by atoms with van der Waals surface area (Å²) in [6.45, 7) is 0. The van der Waals surface area contributed by atoms with E-state index < -0.39 is 5.97 Å². The third-order valence-corrected chi connectivity index (χ3v) is 1.81. The Hall–Kier alpha value is -2.17. The van der Waals surface area contributed by atoms with Gasteiger partial charge in [-0.1, -0.05) is 6.07 Å². The van der Waals surface area contributed by atoms with Crippen molar-refractivity contribution < 1.29 is 9.90 Å². The Morgan fingerprint density at radius 2 is 2.29 bits per heavy atom. The van der Waals surface area contributed by atoms with Gasteiger partial charge in [0.25, 0.3) is 0 Å². The SMILES string of the molecule is O=C(O)c1cccc2c1N=CN=CN2. The van der Waals surface area contributed by atoms with Crippen LogP contribution in [0, 0.1) is 0 Å². The number of aromatic carboxylic acids is 1. The van der Waals surface area contributed by atoms with E-state index >= 15 is 0 Å². The zero-order chi connectivity index (χ0) is 9.97. The minimum Gasteiger partial charge on any atom is -0.478 e. The molecule has 2 N–H and O–H groups in total. The van der Waals surface area contributed by atoms with Crippen LogP contribution in [0.2, 0.25) is 0 Å². The highest BCUT2D eigenvalue weighted by Gasteiger charge is 2.13. The molecule has 0 fully saturated rings. The molecule has 5 heteroatoms. The first-order valence-corrected chi connectivity index (χ1v) is 3.96. The van der Waals surface area contributed by atoms with Crippen LogP contribution in [0.4, 0.5) is 11.4 Å². The number of anilines is 1. The van der Waals surface area contributed by atoms with Crippen LogP contribution in [-0.4, -0.2) is 23.8 Å². The summed E-state index contributed by atoms with van der Waals surface area (Å²) in [6.07, 6.45) is 2.77. The molecule has 0 unspecified atom stereocenters. The molecular formula is C9H7N3O2. The van der Waals surface area contributed by atoms with E-state index in [1.54, 1.807) is 12.1 Å². The van der Waals surface area contributed by atoms with Crippen molar-refractivity contribution in [1.82, 2.24) is 0 Å². The maximum absolute atomic E-state index is 10.8. The standard InChI is InChI=1S/C9H7N3O2/c13-9(14)6-2-1-3-7-8(6)12-5-10-4-11-7/h1-5H,(H,13,14)(H,10,11,12). The van der Waals surface area contributed by atoms with Gasteiger partial charge < -0.3 is 10.4 Å². The van der Waals surface area contributed by atoms with E-state index in [1.807, 2.05) is 0 Å². The zero-order valence-electron chi connectivity index (χ0n) is 7.14. The molecule has 0 aromatic heterocycles. The Bertz CT molecular complexity index is 438. The van der Waals surface area contributed by atoms with Crippen LogP contribution in [0.3, 0.4) is 0 Å². The van der Waals surface area contributed by atoms with E-state index in [1.165, 1.54) is 18.7 Å². The quantitative estimate of drug-likeness (QED) is 0.702. The summed E-state index contributed by atoms with van der Waals surface area (Å²) in [5.41, 5.74) is 1.21. The topological polar surface area (TPSA) is 74.0 Å². The summed E-state index contributed by atoms with van der Waals surface area (Å²) in [5, 5.41) is 11.7. The highest BCUT2D eigenvalue weighted by molar-refractivity contribution is 6.01. The second kappa shape index (κ2) is 3.29. The van der Waals surface area contributed by atoms with E-state index in [2.05, 4.69) is 15.3 Å². The van der Waals surface area contributed by atoms with Crippen molar-refractivity contribution in [2.45, 2.75) is 0 Å². The summed E-state index contributed by atoms with van der Waals surface area (Å²) in [5.74, 6) is -0.997. The van der Waals surface area contributed by atoms with Gasteiger partial charge in [0, 0.05) is 0 Å². The average molecular weight is 189 g/mol. The molecule has 2 rings (SSSR count). The number of nitrogens with one attached hydrogen (secondary N) is 1. The predicted octanol–water partition coefficient (Wildman–Crippen LogP) is 1.50. The third kappa shape index (κ3) is 1.35. The van der Waals surface area contributed by atoms with Crippen LogP contribution in [-0.2, 0) is 0 Å². The highest BCUT2D eigenvalue weighted by Crippen LogP contribution is 2.29. The van der Waals surface area contributed by atoms with E-state index in [0.29, 0.717) is 11.4 Å². The molecule has 0 spiro atoms. The fraction of sp³-hybridized carbons (Fsp3) is 0. The molecular weight excluding hydrogens is 182 g/mol. The van der Waals surface area contributed by atoms with Crippen LogP contribution in [0.1, 0.15) is 10.4 Å². The molecule has 5 nitrogen and oxygen atoms in total. The van der Waals surface area contributed by atoms with Crippen molar-refractivity contribution in [2.24, 2.45) is 9.98 Å². The Morgan fingerprint density at radius 1 is 1.43 bits per heavy atom. The first-order valence-electron chi connectivity index (χ1n) is 3.96. The summed E-state index contributed by atoms with van der Waals surface area (Å²) in [7, 11) is 0. The van der Waals surface area contributed by atoms with Crippen LogP contribution >= 0.6 is 0 Å². The van der Waals surface area contributed by atoms with E-state index in [-0.39, 0.29) is 5.56 Å². The molecule has 0 aliphatic carbocycles. The number of carboxylic acid groups (broad SMARTS) is 1. The van der Waals surface area contributed by atoms with Gasteiger partial charge in [-0.25, -0.2) is 14.8 Å². The number of hydrogen-bond donors (Lipinski definition) is 2. The van der Waals surface area contributed by atoms with Crippen molar-refractivity contribution in [3.8, 4) is 0 Å². The number of nitrogens with zero attached hydrogens (tertiary/aromatic N) is 2. The van der Waals surface area contributed by atoms with Crippen LogP contribution in [0.5, 0.6) is 0 Å². The van der Waals surface area contributed by atoms with Crippen molar-refractivity contribution in [3.05, 3.63) is 23.8 Å². The minimum atomic E-state index is -0.997. The lowest BCUT2D eigenvalue weighted by molar-refractivity contribution is 0.0698. The molecule has 1 aromatic rings. The highest BCUT2D eigenvalue weighted by atomic mass is 16.4. The molecule has 0 saturated carbocycles. The summed E-state index contributed by atoms with van der Waals surface area (Å²) in [6, 6.07) is 4.91. The molecule has 0 bridgehead atoms. The molecule has 14 heavy (non-hydrogen) atoms. The van der Waals surface area contributed by atoms with Crippen molar-refractivity contribution in [2.75, 3.05) is 5.32 Å². The summed E-state index contributed by atoms with van der Waals surface area (Å²) < 4.78 is 0. The lowest BCUT2D eigenvalue weighted by atomic mass is 10.1. The van der Waals surface area contributed by atoms with Crippen molar-refractivity contribution >= 4 is 30.0 Å². The number of fused-ring (bicyclic) bond motifs is 1. The molecule has 1 aliphatic rings. The minimum absolute atomic E-state index is 0.164. The molecule has 1 aromatic carbocycles. The second-order valence-electron chi connectivity index (χ2n) is 2.67. The molecule has 1 aliphatic heterocycles. The maximum atomic E-state index is 10.8. The Morgan fingerprint density at radius 3 is 3.07 bits per heavy atom. The van der Waals surface area contributed by atoms with Gasteiger partial charge >= 0.3 is 5.97 Å². The van der Waals surface area contributed by atoms with Gasteiger partial charge in [-0.15, -0.1) is 0 Å².